The molecule has 0 saturated heterocycles. The molecule has 0 aromatic heterocycles. The van der Waals surface area contributed by atoms with Crippen molar-refractivity contribution in [2.45, 2.75) is 19.8 Å². The molecule has 0 saturated carbocycles. The number of hydrazone groups is 1. The topological polar surface area (TPSA) is 78.6 Å². The quantitative estimate of drug-likeness (QED) is 0.821. The number of rotatable bonds is 5. The van der Waals surface area contributed by atoms with Crippen LogP contribution in [0.2, 0.25) is 0 Å². The summed E-state index contributed by atoms with van der Waals surface area (Å²) in [6.07, 6.45) is 1.01. The maximum Gasteiger partial charge on any atom is 0.335 e. The first-order valence-electron chi connectivity index (χ1n) is 8.10. The van der Waals surface area contributed by atoms with E-state index in [1.54, 1.807) is 16.8 Å². The fourth-order valence-corrected chi connectivity index (χ4v) is 2.75. The monoisotopic (exact) mass is 339 g/mol. The highest BCUT2D eigenvalue weighted by atomic mass is 16.5. The van der Waals surface area contributed by atoms with Crippen molar-refractivity contribution in [3.63, 3.8) is 0 Å². The maximum atomic E-state index is 11.9. The fraction of sp³-hybridized carbons (Fsp3) is 0.211. The van der Waals surface area contributed by atoms with E-state index in [0.29, 0.717) is 25.1 Å². The molecule has 1 aliphatic rings. The van der Waals surface area contributed by atoms with Gasteiger partial charge in [0.15, 0.2) is 0 Å². The number of carbonyl (C=O) groups is 2. The molecule has 0 radical (unpaired) electrons. The predicted molar refractivity (Wildman–Crippen MR) is 92.4 cm³/mol. The molecule has 2 N–H and O–H groups in total. The van der Waals surface area contributed by atoms with E-state index in [9.17, 15) is 9.59 Å². The SMILES string of the molecule is CCOc1ccc(C2=[N+](c3ccc(C(=O)O)cc3)NC(=O)CC2)cc1. The normalized spacial score (nSPS) is 14.2. The molecule has 0 unspecified atom stereocenters. The van der Waals surface area contributed by atoms with E-state index in [1.807, 2.05) is 31.2 Å². The number of nitrogens with one attached hydrogen (secondary N) is 1. The van der Waals surface area contributed by atoms with Crippen molar-refractivity contribution >= 4 is 23.3 Å². The molecular formula is C19H19N2O4+. The lowest BCUT2D eigenvalue weighted by Crippen LogP contribution is -2.40. The van der Waals surface area contributed by atoms with Crippen LogP contribution in [0.1, 0.15) is 35.7 Å². The summed E-state index contributed by atoms with van der Waals surface area (Å²) in [7, 11) is 0. The molecule has 0 spiro atoms. The van der Waals surface area contributed by atoms with Gasteiger partial charge >= 0.3 is 5.97 Å². The lowest BCUT2D eigenvalue weighted by molar-refractivity contribution is -0.496. The third-order valence-corrected chi connectivity index (χ3v) is 3.97. The zero-order chi connectivity index (χ0) is 17.8. The zero-order valence-corrected chi connectivity index (χ0v) is 13.9. The number of nitrogens with zero attached hydrogens (tertiary/aromatic N) is 1. The van der Waals surface area contributed by atoms with Crippen molar-refractivity contribution in [1.29, 1.82) is 0 Å². The van der Waals surface area contributed by atoms with Crippen LogP contribution in [0, 0.1) is 0 Å². The van der Waals surface area contributed by atoms with Gasteiger partial charge in [-0.3, -0.25) is 4.79 Å². The molecule has 0 bridgehead atoms. The van der Waals surface area contributed by atoms with Gasteiger partial charge in [0.25, 0.3) is 5.91 Å². The molecule has 0 atom stereocenters. The predicted octanol–water partition coefficient (Wildman–Crippen LogP) is 2.74. The Morgan fingerprint density at radius 3 is 2.40 bits per heavy atom. The lowest BCUT2D eigenvalue weighted by atomic mass is 10.0. The number of amides is 1. The summed E-state index contributed by atoms with van der Waals surface area (Å²) in [5.74, 6) is -0.258. The second-order valence-corrected chi connectivity index (χ2v) is 5.63. The average molecular weight is 339 g/mol. The minimum absolute atomic E-state index is 0.0722. The van der Waals surface area contributed by atoms with E-state index >= 15 is 0 Å². The van der Waals surface area contributed by atoms with Crippen LogP contribution >= 0.6 is 0 Å². The van der Waals surface area contributed by atoms with Gasteiger partial charge in [-0.05, 0) is 43.3 Å². The van der Waals surface area contributed by atoms with Crippen LogP contribution in [0.15, 0.2) is 48.5 Å². The van der Waals surface area contributed by atoms with Gasteiger partial charge in [0.2, 0.25) is 11.4 Å². The van der Waals surface area contributed by atoms with Gasteiger partial charge in [0.1, 0.15) is 5.75 Å². The van der Waals surface area contributed by atoms with Crippen LogP contribution in [-0.2, 0) is 4.79 Å². The minimum Gasteiger partial charge on any atom is -0.494 e. The Labute approximate surface area is 145 Å². The van der Waals surface area contributed by atoms with E-state index in [-0.39, 0.29) is 11.5 Å². The molecule has 6 nitrogen and oxygen atoms in total. The molecule has 2 aromatic carbocycles. The molecule has 1 aliphatic heterocycles. The zero-order valence-electron chi connectivity index (χ0n) is 13.9. The Kier molecular flexibility index (Phi) is 4.79. The molecule has 128 valence electrons. The first-order valence-corrected chi connectivity index (χ1v) is 8.10. The molecule has 6 heteroatoms. The Bertz CT molecular complexity index is 824. The van der Waals surface area contributed by atoms with E-state index in [4.69, 9.17) is 9.84 Å². The van der Waals surface area contributed by atoms with Gasteiger partial charge in [-0.2, -0.15) is 0 Å². The summed E-state index contributed by atoms with van der Waals surface area (Å²) in [6, 6.07) is 14.1. The molecule has 0 fully saturated rings. The van der Waals surface area contributed by atoms with Gasteiger partial charge in [0.05, 0.1) is 12.2 Å². The van der Waals surface area contributed by atoms with E-state index in [0.717, 1.165) is 17.0 Å². The summed E-state index contributed by atoms with van der Waals surface area (Å²) in [5, 5.41) is 9.03. The van der Waals surface area contributed by atoms with Crippen LogP contribution in [0.5, 0.6) is 5.75 Å². The van der Waals surface area contributed by atoms with Crippen molar-refractivity contribution in [3.05, 3.63) is 59.7 Å². The highest BCUT2D eigenvalue weighted by Gasteiger charge is 2.28. The molecule has 2 aromatic rings. The maximum absolute atomic E-state index is 11.9. The average Bonchev–Trinajstić information content (AvgIpc) is 2.63. The lowest BCUT2D eigenvalue weighted by Gasteiger charge is -2.14. The van der Waals surface area contributed by atoms with Gasteiger partial charge in [-0.25, -0.2) is 4.79 Å². The Morgan fingerprint density at radius 2 is 1.80 bits per heavy atom. The smallest absolute Gasteiger partial charge is 0.335 e. The number of hydrogen-bond donors (Lipinski definition) is 2. The number of carboxylic acid groups (broad SMARTS) is 1. The summed E-state index contributed by atoms with van der Waals surface area (Å²) in [4.78, 5) is 22.9. The molecule has 1 heterocycles. The third-order valence-electron chi connectivity index (χ3n) is 3.97. The first-order chi connectivity index (χ1) is 12.1. The van der Waals surface area contributed by atoms with Crippen molar-refractivity contribution in [2.24, 2.45) is 0 Å². The van der Waals surface area contributed by atoms with Crippen LogP contribution in [0.25, 0.3) is 0 Å². The van der Waals surface area contributed by atoms with Crippen LogP contribution in [-0.4, -0.2) is 34.0 Å². The number of benzene rings is 2. The van der Waals surface area contributed by atoms with E-state index in [1.165, 1.54) is 12.1 Å². The van der Waals surface area contributed by atoms with Crippen LogP contribution in [0.3, 0.4) is 0 Å². The van der Waals surface area contributed by atoms with Crippen molar-refractivity contribution in [1.82, 2.24) is 5.43 Å². The second kappa shape index (κ2) is 7.17. The highest BCUT2D eigenvalue weighted by molar-refractivity contribution is 6.00. The van der Waals surface area contributed by atoms with Gasteiger partial charge in [-0.15, -0.1) is 5.43 Å². The molecule has 25 heavy (non-hydrogen) atoms. The van der Waals surface area contributed by atoms with Gasteiger partial charge in [-0.1, -0.05) is 4.68 Å². The standard InChI is InChI=1S/C19H18N2O4/c1-2-25-16-9-5-13(6-10-16)17-11-12-18(22)20-21(17)15-7-3-14(4-8-15)19(23)24/h3-10H,2,11-12H2,1H3,(H-,20,22,23,24)/p+1. The molecule has 1 amide bonds. The summed E-state index contributed by atoms with van der Waals surface area (Å²) in [6.45, 7) is 2.54. The van der Waals surface area contributed by atoms with Gasteiger partial charge < -0.3 is 9.84 Å². The van der Waals surface area contributed by atoms with Crippen molar-refractivity contribution in [2.75, 3.05) is 6.61 Å². The van der Waals surface area contributed by atoms with Crippen molar-refractivity contribution in [3.8, 4) is 5.75 Å². The number of ether oxygens (including phenoxy) is 1. The molecular weight excluding hydrogens is 320 g/mol. The minimum atomic E-state index is -0.982. The largest absolute Gasteiger partial charge is 0.494 e. The number of aromatic carboxylic acids is 1. The molecule has 3 rings (SSSR count). The number of hydrazine groups is 1. The molecule has 0 aliphatic carbocycles. The van der Waals surface area contributed by atoms with E-state index in [2.05, 4.69) is 5.43 Å². The van der Waals surface area contributed by atoms with Crippen LogP contribution < -0.4 is 10.2 Å². The Hall–Kier alpha value is -3.15. The number of hydrogen-bond acceptors (Lipinski definition) is 3. The Balaban J connectivity index is 2.01. The van der Waals surface area contributed by atoms with E-state index < -0.39 is 5.97 Å². The van der Waals surface area contributed by atoms with Crippen molar-refractivity contribution < 1.29 is 24.1 Å². The first kappa shape index (κ1) is 16.7. The number of carbonyl (C=O) groups excluding carboxylic acids is 1. The summed E-state index contributed by atoms with van der Waals surface area (Å²) < 4.78 is 7.18. The summed E-state index contributed by atoms with van der Waals surface area (Å²) >= 11 is 0. The Morgan fingerprint density at radius 1 is 1.12 bits per heavy atom. The fourth-order valence-electron chi connectivity index (χ4n) is 2.75. The summed E-state index contributed by atoms with van der Waals surface area (Å²) in [5.41, 5.74) is 5.69. The second-order valence-electron chi connectivity index (χ2n) is 5.63. The third kappa shape index (κ3) is 3.68. The number of carboxylic acids is 1. The van der Waals surface area contributed by atoms with Crippen LogP contribution in [0.4, 0.5) is 5.69 Å². The highest BCUT2D eigenvalue weighted by Crippen LogP contribution is 2.20. The van der Waals surface area contributed by atoms with Gasteiger partial charge in [0, 0.05) is 30.5 Å².